The molecule has 2 fully saturated rings. The molecule has 0 radical (unpaired) electrons. The minimum absolute atomic E-state index is 0.0218. The summed E-state index contributed by atoms with van der Waals surface area (Å²) in [5.74, 6) is 0.514. The second-order valence-corrected chi connectivity index (χ2v) is 6.98. The van der Waals surface area contributed by atoms with E-state index in [2.05, 4.69) is 0 Å². The Bertz CT molecular complexity index is 432. The highest BCUT2D eigenvalue weighted by Gasteiger charge is 2.72. The van der Waals surface area contributed by atoms with Crippen LogP contribution in [0.4, 0.5) is 0 Å². The Kier molecular flexibility index (Phi) is 2.37. The van der Waals surface area contributed by atoms with E-state index in [1.165, 1.54) is 0 Å². The molecule has 2 aliphatic carbocycles. The van der Waals surface area contributed by atoms with Crippen LogP contribution in [0.5, 0.6) is 0 Å². The number of ketones is 1. The van der Waals surface area contributed by atoms with Gasteiger partial charge in [-0.3, -0.25) is 4.79 Å². The number of aliphatic hydroxyl groups is 1. The minimum atomic E-state index is -0.777. The molecule has 0 aromatic carbocycles. The van der Waals surface area contributed by atoms with Crippen molar-refractivity contribution in [2.75, 3.05) is 0 Å². The van der Waals surface area contributed by atoms with Crippen LogP contribution < -0.4 is 0 Å². The molecule has 5 unspecified atom stereocenters. The number of carbonyl (C=O) groups excluding carboxylic acids is 1. The zero-order valence-corrected chi connectivity index (χ0v) is 11.6. The molecule has 0 amide bonds. The van der Waals surface area contributed by atoms with Crippen LogP contribution in [0.25, 0.3) is 0 Å². The standard InChI is InChI=1S/C15H22O3/c1-8-5-6-9-11(14(2,3)17)12-13(18-12)15(9,4)10(16)7-8/h7,9,11-13,17H,5-6H2,1-4H3. The highest BCUT2D eigenvalue weighted by Crippen LogP contribution is 2.63. The number of hydrogen-bond acceptors (Lipinski definition) is 3. The fourth-order valence-corrected chi connectivity index (χ4v) is 4.22. The van der Waals surface area contributed by atoms with Gasteiger partial charge in [0.15, 0.2) is 5.78 Å². The number of allylic oxidation sites excluding steroid dienone is 2. The predicted octanol–water partition coefficient (Wildman–Crippen LogP) is 2.09. The Hall–Kier alpha value is -0.670. The Morgan fingerprint density at radius 3 is 2.78 bits per heavy atom. The molecule has 1 N–H and O–H groups in total. The third-order valence-corrected chi connectivity index (χ3v) is 5.25. The van der Waals surface area contributed by atoms with Gasteiger partial charge in [0.1, 0.15) is 0 Å². The number of rotatable bonds is 1. The van der Waals surface area contributed by atoms with Gasteiger partial charge in [-0.15, -0.1) is 0 Å². The quantitative estimate of drug-likeness (QED) is 0.725. The Labute approximate surface area is 108 Å². The molecule has 0 bridgehead atoms. The number of epoxide rings is 1. The molecular weight excluding hydrogens is 228 g/mol. The lowest BCUT2D eigenvalue weighted by atomic mass is 9.68. The van der Waals surface area contributed by atoms with Gasteiger partial charge in [0.05, 0.1) is 23.2 Å². The zero-order valence-electron chi connectivity index (χ0n) is 11.6. The van der Waals surface area contributed by atoms with Crippen molar-refractivity contribution in [3.63, 3.8) is 0 Å². The van der Waals surface area contributed by atoms with Gasteiger partial charge in [-0.1, -0.05) is 5.57 Å². The first-order valence-corrected chi connectivity index (χ1v) is 6.85. The smallest absolute Gasteiger partial charge is 0.164 e. The average molecular weight is 250 g/mol. The van der Waals surface area contributed by atoms with Crippen LogP contribution in [0.15, 0.2) is 11.6 Å². The molecule has 1 saturated heterocycles. The fraction of sp³-hybridized carbons (Fsp3) is 0.800. The van der Waals surface area contributed by atoms with E-state index in [4.69, 9.17) is 4.74 Å². The van der Waals surface area contributed by atoms with E-state index in [1.54, 1.807) is 6.08 Å². The van der Waals surface area contributed by atoms with E-state index in [1.807, 2.05) is 27.7 Å². The molecule has 1 aliphatic heterocycles. The summed E-state index contributed by atoms with van der Waals surface area (Å²) < 4.78 is 5.72. The van der Waals surface area contributed by atoms with E-state index in [0.717, 1.165) is 18.4 Å². The van der Waals surface area contributed by atoms with Crippen LogP contribution in [-0.2, 0) is 9.53 Å². The summed E-state index contributed by atoms with van der Waals surface area (Å²) in [6.07, 6.45) is 3.84. The van der Waals surface area contributed by atoms with E-state index >= 15 is 0 Å². The highest BCUT2D eigenvalue weighted by atomic mass is 16.6. The maximum atomic E-state index is 12.5. The Morgan fingerprint density at radius 1 is 1.50 bits per heavy atom. The fourth-order valence-electron chi connectivity index (χ4n) is 4.22. The number of fused-ring (bicyclic) bond motifs is 3. The molecule has 100 valence electrons. The maximum absolute atomic E-state index is 12.5. The first-order chi connectivity index (χ1) is 8.26. The van der Waals surface area contributed by atoms with Crippen LogP contribution in [-0.4, -0.2) is 28.7 Å². The van der Waals surface area contributed by atoms with Gasteiger partial charge in [0.25, 0.3) is 0 Å². The number of carbonyl (C=O) groups is 1. The van der Waals surface area contributed by atoms with E-state index < -0.39 is 11.0 Å². The SMILES string of the molecule is CC1=CC(=O)C2(C)C(CC1)C(C(C)(C)O)C1OC12. The lowest BCUT2D eigenvalue weighted by Gasteiger charge is -2.38. The monoisotopic (exact) mass is 250 g/mol. The number of ether oxygens (including phenoxy) is 1. The molecule has 5 atom stereocenters. The van der Waals surface area contributed by atoms with E-state index in [-0.39, 0.29) is 29.8 Å². The second kappa shape index (κ2) is 3.45. The van der Waals surface area contributed by atoms with Crippen molar-refractivity contribution < 1.29 is 14.6 Å². The normalized spacial score (nSPS) is 47.2. The van der Waals surface area contributed by atoms with Crippen molar-refractivity contribution in [3.8, 4) is 0 Å². The average Bonchev–Trinajstić information content (AvgIpc) is 2.96. The van der Waals surface area contributed by atoms with Gasteiger partial charge in [-0.25, -0.2) is 0 Å². The summed E-state index contributed by atoms with van der Waals surface area (Å²) >= 11 is 0. The first kappa shape index (κ1) is 12.4. The van der Waals surface area contributed by atoms with Crippen LogP contribution in [0, 0.1) is 17.3 Å². The molecule has 0 spiro atoms. The molecule has 3 aliphatic rings. The molecule has 0 aromatic heterocycles. The topological polar surface area (TPSA) is 49.8 Å². The van der Waals surface area contributed by atoms with Crippen LogP contribution in [0.1, 0.15) is 40.5 Å². The molecule has 1 heterocycles. The van der Waals surface area contributed by atoms with Gasteiger partial charge < -0.3 is 9.84 Å². The molecule has 3 nitrogen and oxygen atoms in total. The lowest BCUT2D eigenvalue weighted by molar-refractivity contribution is -0.131. The lowest BCUT2D eigenvalue weighted by Crippen LogP contribution is -2.44. The van der Waals surface area contributed by atoms with Crippen molar-refractivity contribution in [2.45, 2.75) is 58.3 Å². The molecule has 1 saturated carbocycles. The minimum Gasteiger partial charge on any atom is -0.390 e. The molecular formula is C15H22O3. The van der Waals surface area contributed by atoms with Crippen molar-refractivity contribution in [2.24, 2.45) is 17.3 Å². The Morgan fingerprint density at radius 2 is 2.17 bits per heavy atom. The summed E-state index contributed by atoms with van der Waals surface area (Å²) in [5.41, 5.74) is -0.0460. The summed E-state index contributed by atoms with van der Waals surface area (Å²) in [6.45, 7) is 7.74. The molecule has 18 heavy (non-hydrogen) atoms. The van der Waals surface area contributed by atoms with Gasteiger partial charge in [-0.05, 0) is 52.5 Å². The van der Waals surface area contributed by atoms with Crippen LogP contribution in [0.3, 0.4) is 0 Å². The summed E-state index contributed by atoms with van der Waals surface area (Å²) in [7, 11) is 0. The van der Waals surface area contributed by atoms with Gasteiger partial charge in [0, 0.05) is 5.92 Å². The van der Waals surface area contributed by atoms with Crippen molar-refractivity contribution >= 4 is 5.78 Å². The predicted molar refractivity (Wildman–Crippen MR) is 68.0 cm³/mol. The second-order valence-electron chi connectivity index (χ2n) is 6.98. The van der Waals surface area contributed by atoms with Gasteiger partial charge in [0.2, 0.25) is 0 Å². The largest absolute Gasteiger partial charge is 0.390 e. The highest BCUT2D eigenvalue weighted by molar-refractivity contribution is 5.97. The summed E-state index contributed by atoms with van der Waals surface area (Å²) in [6, 6.07) is 0. The maximum Gasteiger partial charge on any atom is 0.164 e. The summed E-state index contributed by atoms with van der Waals surface area (Å²) in [4.78, 5) is 12.5. The van der Waals surface area contributed by atoms with Gasteiger partial charge in [-0.2, -0.15) is 0 Å². The van der Waals surface area contributed by atoms with Crippen LogP contribution >= 0.6 is 0 Å². The van der Waals surface area contributed by atoms with Gasteiger partial charge >= 0.3 is 0 Å². The zero-order chi connectivity index (χ0) is 13.3. The Balaban J connectivity index is 2.02. The molecule has 3 rings (SSSR count). The van der Waals surface area contributed by atoms with Crippen molar-refractivity contribution in [3.05, 3.63) is 11.6 Å². The molecule has 0 aromatic rings. The van der Waals surface area contributed by atoms with Crippen LogP contribution in [0.2, 0.25) is 0 Å². The van der Waals surface area contributed by atoms with Crippen molar-refractivity contribution in [1.29, 1.82) is 0 Å². The number of hydrogen-bond donors (Lipinski definition) is 1. The summed E-state index contributed by atoms with van der Waals surface area (Å²) in [5, 5.41) is 10.4. The van der Waals surface area contributed by atoms with E-state index in [9.17, 15) is 9.90 Å². The van der Waals surface area contributed by atoms with E-state index in [0.29, 0.717) is 0 Å². The third kappa shape index (κ3) is 1.47. The van der Waals surface area contributed by atoms with Crippen molar-refractivity contribution in [1.82, 2.24) is 0 Å². The molecule has 3 heteroatoms. The third-order valence-electron chi connectivity index (χ3n) is 5.25. The first-order valence-electron chi connectivity index (χ1n) is 6.85.